The average Bonchev–Trinajstić information content (AvgIpc) is 2.56. The molecule has 0 aliphatic rings. The molecule has 1 amide bonds. The summed E-state index contributed by atoms with van der Waals surface area (Å²) in [7, 11) is 0. The molecular formula is C18H20N2O3. The summed E-state index contributed by atoms with van der Waals surface area (Å²) in [5.41, 5.74) is 2.78. The molecule has 23 heavy (non-hydrogen) atoms. The summed E-state index contributed by atoms with van der Waals surface area (Å²) in [6.45, 7) is 6.91. The minimum Gasteiger partial charge on any atom is -0.410 e. The molecule has 1 aromatic carbocycles. The summed E-state index contributed by atoms with van der Waals surface area (Å²) in [5.74, 6) is 0.477. The minimum absolute atomic E-state index is 0.387. The van der Waals surface area contributed by atoms with E-state index in [9.17, 15) is 4.79 Å². The van der Waals surface area contributed by atoms with Crippen molar-refractivity contribution in [2.45, 2.75) is 6.92 Å². The second kappa shape index (κ2) is 8.70. The standard InChI is InChI=1S/C18H20N2O3/c1-14(2)13-22-12-11-20-18(21)23-16-8-6-15(7-9-16)17-5-3-4-10-19-17/h3-10H,1,11-13H2,2H3,(H,20,21). The first-order valence-corrected chi connectivity index (χ1v) is 7.34. The molecule has 0 radical (unpaired) electrons. The first kappa shape index (κ1) is 16.7. The number of nitrogens with one attached hydrogen (secondary N) is 1. The Hall–Kier alpha value is -2.66. The van der Waals surface area contributed by atoms with Gasteiger partial charge in [-0.25, -0.2) is 4.79 Å². The highest BCUT2D eigenvalue weighted by atomic mass is 16.6. The highest BCUT2D eigenvalue weighted by molar-refractivity contribution is 5.70. The SMILES string of the molecule is C=C(C)COCCNC(=O)Oc1ccc(-c2ccccn2)cc1. The zero-order valence-corrected chi connectivity index (χ0v) is 13.1. The lowest BCUT2D eigenvalue weighted by molar-refractivity contribution is 0.152. The third-order valence-corrected chi connectivity index (χ3v) is 2.89. The molecule has 5 nitrogen and oxygen atoms in total. The normalized spacial score (nSPS) is 10.1. The fourth-order valence-corrected chi connectivity index (χ4v) is 1.84. The Morgan fingerprint density at radius 1 is 1.22 bits per heavy atom. The fraction of sp³-hybridized carbons (Fsp3) is 0.222. The molecule has 2 rings (SSSR count). The van der Waals surface area contributed by atoms with Crippen LogP contribution >= 0.6 is 0 Å². The Morgan fingerprint density at radius 3 is 2.65 bits per heavy atom. The van der Waals surface area contributed by atoms with E-state index < -0.39 is 6.09 Å². The van der Waals surface area contributed by atoms with Crippen LogP contribution in [-0.4, -0.2) is 30.8 Å². The highest BCUT2D eigenvalue weighted by Crippen LogP contribution is 2.20. The van der Waals surface area contributed by atoms with E-state index in [0.29, 0.717) is 25.5 Å². The van der Waals surface area contributed by atoms with Crippen LogP contribution in [0.2, 0.25) is 0 Å². The van der Waals surface area contributed by atoms with Crippen LogP contribution in [0.1, 0.15) is 6.92 Å². The van der Waals surface area contributed by atoms with Crippen LogP contribution < -0.4 is 10.1 Å². The largest absolute Gasteiger partial charge is 0.412 e. The summed E-state index contributed by atoms with van der Waals surface area (Å²) < 4.78 is 10.5. The van der Waals surface area contributed by atoms with Crippen molar-refractivity contribution in [3.63, 3.8) is 0 Å². The third kappa shape index (κ3) is 5.92. The van der Waals surface area contributed by atoms with Crippen molar-refractivity contribution in [1.82, 2.24) is 10.3 Å². The van der Waals surface area contributed by atoms with Crippen LogP contribution in [0.25, 0.3) is 11.3 Å². The van der Waals surface area contributed by atoms with E-state index in [0.717, 1.165) is 16.8 Å². The number of benzene rings is 1. The van der Waals surface area contributed by atoms with Gasteiger partial charge in [0, 0.05) is 18.3 Å². The van der Waals surface area contributed by atoms with E-state index in [4.69, 9.17) is 9.47 Å². The summed E-state index contributed by atoms with van der Waals surface area (Å²) in [5, 5.41) is 2.62. The average molecular weight is 312 g/mol. The number of carbonyl (C=O) groups excluding carboxylic acids is 1. The van der Waals surface area contributed by atoms with Crippen LogP contribution in [0.5, 0.6) is 5.75 Å². The van der Waals surface area contributed by atoms with Gasteiger partial charge in [0.2, 0.25) is 0 Å². The maximum absolute atomic E-state index is 11.6. The number of hydrogen-bond acceptors (Lipinski definition) is 4. The molecule has 1 aromatic heterocycles. The van der Waals surface area contributed by atoms with Gasteiger partial charge in [-0.1, -0.05) is 18.2 Å². The fourth-order valence-electron chi connectivity index (χ4n) is 1.84. The van der Waals surface area contributed by atoms with Gasteiger partial charge in [0.05, 0.1) is 18.9 Å². The number of pyridine rings is 1. The number of carbonyl (C=O) groups is 1. The molecule has 0 saturated heterocycles. The molecule has 120 valence electrons. The van der Waals surface area contributed by atoms with Crippen molar-refractivity contribution in [3.8, 4) is 17.0 Å². The van der Waals surface area contributed by atoms with Crippen molar-refractivity contribution in [3.05, 3.63) is 60.8 Å². The van der Waals surface area contributed by atoms with E-state index in [1.165, 1.54) is 0 Å². The monoisotopic (exact) mass is 312 g/mol. The maximum atomic E-state index is 11.6. The number of hydrogen-bond donors (Lipinski definition) is 1. The summed E-state index contributed by atoms with van der Waals surface area (Å²) >= 11 is 0. The van der Waals surface area contributed by atoms with Gasteiger partial charge in [-0.15, -0.1) is 0 Å². The summed E-state index contributed by atoms with van der Waals surface area (Å²) in [6.07, 6.45) is 1.23. The Kier molecular flexibility index (Phi) is 6.32. The number of ether oxygens (including phenoxy) is 2. The second-order valence-corrected chi connectivity index (χ2v) is 5.07. The van der Waals surface area contributed by atoms with Gasteiger partial charge in [0.1, 0.15) is 5.75 Å². The Bertz CT molecular complexity index is 639. The molecule has 0 spiro atoms. The predicted molar refractivity (Wildman–Crippen MR) is 89.3 cm³/mol. The van der Waals surface area contributed by atoms with Crippen molar-refractivity contribution >= 4 is 6.09 Å². The van der Waals surface area contributed by atoms with Gasteiger partial charge in [-0.3, -0.25) is 4.98 Å². The number of aromatic nitrogens is 1. The Morgan fingerprint density at radius 2 is 2.00 bits per heavy atom. The molecule has 0 aliphatic heterocycles. The molecule has 0 unspecified atom stereocenters. The summed E-state index contributed by atoms with van der Waals surface area (Å²) in [6, 6.07) is 12.9. The van der Waals surface area contributed by atoms with E-state index in [2.05, 4.69) is 16.9 Å². The van der Waals surface area contributed by atoms with Gasteiger partial charge in [0.25, 0.3) is 0 Å². The van der Waals surface area contributed by atoms with Crippen LogP contribution in [0.4, 0.5) is 4.79 Å². The van der Waals surface area contributed by atoms with Gasteiger partial charge >= 0.3 is 6.09 Å². The maximum Gasteiger partial charge on any atom is 0.412 e. The number of amides is 1. The molecule has 1 heterocycles. The predicted octanol–water partition coefficient (Wildman–Crippen LogP) is 3.43. The van der Waals surface area contributed by atoms with Crippen LogP contribution in [0, 0.1) is 0 Å². The van der Waals surface area contributed by atoms with Gasteiger partial charge in [-0.2, -0.15) is 0 Å². The molecule has 0 saturated carbocycles. The van der Waals surface area contributed by atoms with Crippen LogP contribution in [0.15, 0.2) is 60.8 Å². The molecule has 0 aliphatic carbocycles. The van der Waals surface area contributed by atoms with Gasteiger partial charge in [0.15, 0.2) is 0 Å². The molecule has 1 N–H and O–H groups in total. The minimum atomic E-state index is -0.505. The van der Waals surface area contributed by atoms with Crippen molar-refractivity contribution < 1.29 is 14.3 Å². The van der Waals surface area contributed by atoms with Crippen molar-refractivity contribution in [2.75, 3.05) is 19.8 Å². The lowest BCUT2D eigenvalue weighted by atomic mass is 10.1. The van der Waals surface area contributed by atoms with Crippen molar-refractivity contribution in [1.29, 1.82) is 0 Å². The molecule has 0 fully saturated rings. The highest BCUT2D eigenvalue weighted by Gasteiger charge is 2.04. The van der Waals surface area contributed by atoms with E-state index in [-0.39, 0.29) is 0 Å². The molecule has 2 aromatic rings. The number of rotatable bonds is 7. The van der Waals surface area contributed by atoms with E-state index >= 15 is 0 Å². The lowest BCUT2D eigenvalue weighted by Gasteiger charge is -2.08. The van der Waals surface area contributed by atoms with E-state index in [1.54, 1.807) is 18.3 Å². The number of nitrogens with zero attached hydrogens (tertiary/aromatic N) is 1. The second-order valence-electron chi connectivity index (χ2n) is 5.07. The van der Waals surface area contributed by atoms with Gasteiger partial charge in [-0.05, 0) is 43.3 Å². The summed E-state index contributed by atoms with van der Waals surface area (Å²) in [4.78, 5) is 15.9. The van der Waals surface area contributed by atoms with Gasteiger partial charge < -0.3 is 14.8 Å². The molecule has 5 heteroatoms. The quantitative estimate of drug-likeness (QED) is 0.628. The zero-order chi connectivity index (χ0) is 16.5. The molecular weight excluding hydrogens is 292 g/mol. The zero-order valence-electron chi connectivity index (χ0n) is 13.1. The van der Waals surface area contributed by atoms with E-state index in [1.807, 2.05) is 37.3 Å². The molecule has 0 atom stereocenters. The topological polar surface area (TPSA) is 60.5 Å². The molecule has 0 bridgehead atoms. The smallest absolute Gasteiger partial charge is 0.410 e. The van der Waals surface area contributed by atoms with Crippen molar-refractivity contribution in [2.24, 2.45) is 0 Å². The Balaban J connectivity index is 1.77. The first-order valence-electron chi connectivity index (χ1n) is 7.34. The third-order valence-electron chi connectivity index (χ3n) is 2.89. The van der Waals surface area contributed by atoms with Crippen LogP contribution in [-0.2, 0) is 4.74 Å². The first-order chi connectivity index (χ1) is 11.1. The Labute approximate surface area is 136 Å². The lowest BCUT2D eigenvalue weighted by Crippen LogP contribution is -2.30. The van der Waals surface area contributed by atoms with Crippen LogP contribution in [0.3, 0.4) is 0 Å².